The first-order valence-electron chi connectivity index (χ1n) is 12.3. The molecule has 0 unspecified atom stereocenters. The lowest BCUT2D eigenvalue weighted by Crippen LogP contribution is -2.35. The van der Waals surface area contributed by atoms with Gasteiger partial charge in [0.2, 0.25) is 5.88 Å². The number of H-pyrrole nitrogens is 1. The number of aromatic nitrogens is 6. The van der Waals surface area contributed by atoms with Crippen molar-refractivity contribution in [3.05, 3.63) is 59.0 Å². The molecule has 1 aliphatic rings. The van der Waals surface area contributed by atoms with Crippen LogP contribution in [-0.4, -0.2) is 61.8 Å². The predicted molar refractivity (Wildman–Crippen MR) is 142 cm³/mol. The summed E-state index contributed by atoms with van der Waals surface area (Å²) in [5, 5.41) is 13.8. The molecule has 0 amide bonds. The van der Waals surface area contributed by atoms with Gasteiger partial charge >= 0.3 is 0 Å². The molecule has 36 heavy (non-hydrogen) atoms. The third kappa shape index (κ3) is 5.39. The van der Waals surface area contributed by atoms with Gasteiger partial charge in [0.15, 0.2) is 0 Å². The van der Waals surface area contributed by atoms with Crippen LogP contribution in [0.2, 0.25) is 0 Å². The first-order valence-corrected chi connectivity index (χ1v) is 13.2. The molecule has 4 aromatic rings. The Morgan fingerprint density at radius 2 is 1.92 bits per heavy atom. The second kappa shape index (κ2) is 10.7. The Kier molecular flexibility index (Phi) is 7.24. The molecule has 1 aliphatic heterocycles. The summed E-state index contributed by atoms with van der Waals surface area (Å²) in [6.45, 7) is 6.89. The number of nitrogens with one attached hydrogen (secondary N) is 1. The Labute approximate surface area is 215 Å². The van der Waals surface area contributed by atoms with Crippen LogP contribution in [0.1, 0.15) is 55.5 Å². The Morgan fingerprint density at radius 1 is 1.14 bits per heavy atom. The van der Waals surface area contributed by atoms with Crippen LogP contribution in [0.25, 0.3) is 11.3 Å². The SMILES string of the molecule is CC(C)c1cc(C2CCN(c3ncnc(Oc4ccc(-c5csnn5)cc4)c3CN(C)C)CC2)[nH]n1. The monoisotopic (exact) mass is 504 g/mol. The van der Waals surface area contributed by atoms with Crippen LogP contribution in [-0.2, 0) is 6.54 Å². The van der Waals surface area contributed by atoms with Gasteiger partial charge in [0.1, 0.15) is 23.6 Å². The number of benzene rings is 1. The van der Waals surface area contributed by atoms with Crippen LogP contribution in [0.5, 0.6) is 11.6 Å². The van der Waals surface area contributed by atoms with Gasteiger partial charge in [-0.15, -0.1) is 5.10 Å². The average Bonchev–Trinajstić information content (AvgIpc) is 3.59. The minimum Gasteiger partial charge on any atom is -0.438 e. The van der Waals surface area contributed by atoms with Crippen LogP contribution >= 0.6 is 11.5 Å². The second-order valence-electron chi connectivity index (χ2n) is 9.80. The van der Waals surface area contributed by atoms with Crippen molar-refractivity contribution in [1.29, 1.82) is 0 Å². The number of hydrogen-bond acceptors (Lipinski definition) is 9. The molecule has 0 saturated carbocycles. The minimum atomic E-state index is 0.434. The van der Waals surface area contributed by atoms with Crippen molar-refractivity contribution in [3.8, 4) is 22.9 Å². The van der Waals surface area contributed by atoms with E-state index in [1.807, 2.05) is 43.7 Å². The molecule has 1 N–H and O–H groups in total. The Morgan fingerprint density at radius 3 is 2.56 bits per heavy atom. The van der Waals surface area contributed by atoms with Crippen molar-refractivity contribution in [2.24, 2.45) is 0 Å². The molecular weight excluding hydrogens is 472 g/mol. The fourth-order valence-corrected chi connectivity index (χ4v) is 5.02. The molecule has 3 aromatic heterocycles. The van der Waals surface area contributed by atoms with E-state index < -0.39 is 0 Å². The maximum atomic E-state index is 6.28. The summed E-state index contributed by atoms with van der Waals surface area (Å²) in [4.78, 5) is 13.7. The zero-order chi connectivity index (χ0) is 25.1. The summed E-state index contributed by atoms with van der Waals surface area (Å²) in [7, 11) is 4.10. The quantitative estimate of drug-likeness (QED) is 0.355. The molecule has 5 rings (SSSR count). The zero-order valence-corrected chi connectivity index (χ0v) is 22.0. The molecule has 0 atom stereocenters. The molecule has 188 valence electrons. The van der Waals surface area contributed by atoms with E-state index in [4.69, 9.17) is 9.72 Å². The van der Waals surface area contributed by atoms with Gasteiger partial charge in [-0.3, -0.25) is 5.10 Å². The van der Waals surface area contributed by atoms with Crippen molar-refractivity contribution in [3.63, 3.8) is 0 Å². The maximum absolute atomic E-state index is 6.28. The number of hydrogen-bond donors (Lipinski definition) is 1. The molecule has 0 aliphatic carbocycles. The average molecular weight is 505 g/mol. The summed E-state index contributed by atoms with van der Waals surface area (Å²) >= 11 is 1.34. The van der Waals surface area contributed by atoms with Gasteiger partial charge < -0.3 is 14.5 Å². The molecule has 0 spiro atoms. The van der Waals surface area contributed by atoms with Gasteiger partial charge in [0.25, 0.3) is 0 Å². The van der Waals surface area contributed by atoms with Gasteiger partial charge in [0.05, 0.1) is 11.3 Å². The van der Waals surface area contributed by atoms with Gasteiger partial charge in [-0.25, -0.2) is 9.97 Å². The predicted octanol–water partition coefficient (Wildman–Crippen LogP) is 5.08. The summed E-state index contributed by atoms with van der Waals surface area (Å²) < 4.78 is 10.2. The lowest BCUT2D eigenvalue weighted by atomic mass is 9.92. The molecule has 10 heteroatoms. The molecule has 0 bridgehead atoms. The van der Waals surface area contributed by atoms with Crippen LogP contribution in [0.3, 0.4) is 0 Å². The number of anilines is 1. The zero-order valence-electron chi connectivity index (χ0n) is 21.2. The fourth-order valence-electron chi connectivity index (χ4n) is 4.56. The van der Waals surface area contributed by atoms with Crippen molar-refractivity contribution in [2.75, 3.05) is 32.1 Å². The number of aromatic amines is 1. The topological polar surface area (TPSA) is 96.0 Å². The minimum absolute atomic E-state index is 0.434. The highest BCUT2D eigenvalue weighted by Crippen LogP contribution is 2.35. The van der Waals surface area contributed by atoms with Gasteiger partial charge in [0, 0.05) is 42.2 Å². The highest BCUT2D eigenvalue weighted by Gasteiger charge is 2.26. The number of rotatable bonds is 8. The molecule has 4 heterocycles. The highest BCUT2D eigenvalue weighted by atomic mass is 32.1. The third-order valence-corrected chi connectivity index (χ3v) is 7.03. The smallest absolute Gasteiger partial charge is 0.228 e. The van der Waals surface area contributed by atoms with Gasteiger partial charge in [-0.1, -0.05) is 18.3 Å². The Balaban J connectivity index is 1.33. The van der Waals surface area contributed by atoms with Crippen molar-refractivity contribution < 1.29 is 4.74 Å². The first kappa shape index (κ1) is 24.3. The van der Waals surface area contributed by atoms with E-state index in [1.54, 1.807) is 6.33 Å². The summed E-state index contributed by atoms with van der Waals surface area (Å²) in [6.07, 6.45) is 3.71. The van der Waals surface area contributed by atoms with E-state index in [0.29, 0.717) is 24.3 Å². The second-order valence-corrected chi connectivity index (χ2v) is 10.4. The van der Waals surface area contributed by atoms with E-state index in [0.717, 1.165) is 60.0 Å². The van der Waals surface area contributed by atoms with Crippen molar-refractivity contribution in [2.45, 2.75) is 45.1 Å². The first-order chi connectivity index (χ1) is 17.5. The summed E-state index contributed by atoms with van der Waals surface area (Å²) in [5.74, 6) is 3.19. The van der Waals surface area contributed by atoms with Gasteiger partial charge in [-0.05, 0) is 74.7 Å². The van der Waals surface area contributed by atoms with Crippen LogP contribution < -0.4 is 9.64 Å². The lowest BCUT2D eigenvalue weighted by Gasteiger charge is -2.34. The van der Waals surface area contributed by atoms with Crippen LogP contribution in [0.15, 0.2) is 42.0 Å². The van der Waals surface area contributed by atoms with E-state index >= 15 is 0 Å². The van der Waals surface area contributed by atoms with E-state index in [1.165, 1.54) is 17.2 Å². The van der Waals surface area contributed by atoms with E-state index in [-0.39, 0.29) is 0 Å². The standard InChI is InChI=1S/C26H32N8OS/c1-17(2)22-13-23(30-29-22)19-9-11-34(12-10-19)25-21(14-33(3)4)26(28-16-27-25)35-20-7-5-18(6-8-20)24-15-36-32-31-24/h5-8,13,15-17,19H,9-12,14H2,1-4H3,(H,29,30). The molecule has 1 fully saturated rings. The molecule has 1 aromatic carbocycles. The molecule has 1 saturated heterocycles. The van der Waals surface area contributed by atoms with Crippen LogP contribution in [0, 0.1) is 0 Å². The molecule has 9 nitrogen and oxygen atoms in total. The summed E-state index contributed by atoms with van der Waals surface area (Å²) in [5.41, 5.74) is 5.25. The highest BCUT2D eigenvalue weighted by molar-refractivity contribution is 7.03. The Bertz CT molecular complexity index is 1260. The largest absolute Gasteiger partial charge is 0.438 e. The third-order valence-electron chi connectivity index (χ3n) is 6.53. The number of piperidine rings is 1. The van der Waals surface area contributed by atoms with Gasteiger partial charge in [-0.2, -0.15) is 5.10 Å². The van der Waals surface area contributed by atoms with E-state index in [2.05, 4.69) is 54.5 Å². The van der Waals surface area contributed by atoms with Crippen LogP contribution in [0.4, 0.5) is 5.82 Å². The van der Waals surface area contributed by atoms with Crippen molar-refractivity contribution in [1.82, 2.24) is 34.7 Å². The van der Waals surface area contributed by atoms with Crippen molar-refractivity contribution >= 4 is 17.4 Å². The normalized spacial score (nSPS) is 14.7. The fraction of sp³-hybridized carbons (Fsp3) is 0.423. The molecule has 0 radical (unpaired) electrons. The lowest BCUT2D eigenvalue weighted by molar-refractivity contribution is 0.381. The number of nitrogens with zero attached hydrogens (tertiary/aromatic N) is 7. The maximum Gasteiger partial charge on any atom is 0.228 e. The van der Waals surface area contributed by atoms with E-state index in [9.17, 15) is 0 Å². The number of ether oxygens (including phenoxy) is 1. The Hall–Kier alpha value is -3.37. The summed E-state index contributed by atoms with van der Waals surface area (Å²) in [6, 6.07) is 10.1. The molecular formula is C26H32N8OS.